The number of ether oxygens (including phenoxy) is 1. The van der Waals surface area contributed by atoms with Crippen LogP contribution in [0.15, 0.2) is 27.4 Å². The first-order valence-electron chi connectivity index (χ1n) is 7.02. The van der Waals surface area contributed by atoms with Gasteiger partial charge < -0.3 is 19.4 Å². The zero-order chi connectivity index (χ0) is 16.3. The van der Waals surface area contributed by atoms with E-state index in [4.69, 9.17) is 9.15 Å². The quantitative estimate of drug-likeness (QED) is 0.849. The molecule has 0 radical (unpaired) electrons. The number of rotatable bonds is 6. The number of hydrogen-bond donors (Lipinski definition) is 2. The molecule has 1 atom stereocenters. The number of benzene rings is 1. The fourth-order valence-corrected chi connectivity index (χ4v) is 2.37. The fourth-order valence-electron chi connectivity index (χ4n) is 2.37. The van der Waals surface area contributed by atoms with Gasteiger partial charge in [-0.15, -0.1) is 0 Å². The van der Waals surface area contributed by atoms with E-state index >= 15 is 0 Å². The number of methoxy groups -OCH3 is 1. The van der Waals surface area contributed by atoms with Crippen molar-refractivity contribution in [3.63, 3.8) is 0 Å². The zero-order valence-electron chi connectivity index (χ0n) is 12.5. The normalized spacial score (nSPS) is 12.3. The molecule has 1 unspecified atom stereocenters. The Morgan fingerprint density at radius 3 is 2.68 bits per heavy atom. The van der Waals surface area contributed by atoms with Crippen molar-refractivity contribution in [2.45, 2.75) is 32.3 Å². The van der Waals surface area contributed by atoms with E-state index in [1.54, 1.807) is 0 Å². The Hall–Kier alpha value is -2.34. The number of aromatic carboxylic acids is 1. The van der Waals surface area contributed by atoms with E-state index in [9.17, 15) is 19.8 Å². The van der Waals surface area contributed by atoms with Gasteiger partial charge in [-0.2, -0.15) is 0 Å². The Bertz CT molecular complexity index is 746. The Morgan fingerprint density at radius 2 is 2.09 bits per heavy atom. The lowest BCUT2D eigenvalue weighted by Crippen LogP contribution is -2.13. The summed E-state index contributed by atoms with van der Waals surface area (Å²) in [5.41, 5.74) is -0.466. The van der Waals surface area contributed by atoms with Crippen molar-refractivity contribution in [1.82, 2.24) is 0 Å². The van der Waals surface area contributed by atoms with Crippen molar-refractivity contribution in [2.75, 3.05) is 7.11 Å². The van der Waals surface area contributed by atoms with Crippen molar-refractivity contribution in [2.24, 2.45) is 0 Å². The maximum atomic E-state index is 12.2. The second kappa shape index (κ2) is 6.62. The van der Waals surface area contributed by atoms with Crippen LogP contribution in [-0.4, -0.2) is 29.4 Å². The predicted octanol–water partition coefficient (Wildman–Crippen LogP) is 2.20. The van der Waals surface area contributed by atoms with Crippen LogP contribution in [0.1, 0.15) is 35.9 Å². The average Bonchev–Trinajstić information content (AvgIpc) is 2.45. The molecule has 118 valence electrons. The lowest BCUT2D eigenvalue weighted by molar-refractivity contribution is 0.0698. The summed E-state index contributed by atoms with van der Waals surface area (Å²) in [7, 11) is 1.40. The van der Waals surface area contributed by atoms with Crippen molar-refractivity contribution in [3.8, 4) is 5.75 Å². The molecule has 0 aliphatic carbocycles. The summed E-state index contributed by atoms with van der Waals surface area (Å²) in [5.74, 6) is -0.614. The van der Waals surface area contributed by atoms with E-state index in [1.165, 1.54) is 25.3 Å². The van der Waals surface area contributed by atoms with Crippen LogP contribution in [0.2, 0.25) is 0 Å². The van der Waals surface area contributed by atoms with E-state index < -0.39 is 17.5 Å². The van der Waals surface area contributed by atoms with Crippen LogP contribution in [0.5, 0.6) is 5.75 Å². The van der Waals surface area contributed by atoms with E-state index in [0.717, 1.165) is 6.42 Å². The molecule has 0 aliphatic heterocycles. The molecule has 1 aromatic heterocycles. The van der Waals surface area contributed by atoms with Gasteiger partial charge in [-0.25, -0.2) is 4.79 Å². The van der Waals surface area contributed by atoms with Gasteiger partial charge in [0.2, 0.25) is 0 Å². The van der Waals surface area contributed by atoms with Gasteiger partial charge in [-0.3, -0.25) is 4.79 Å². The Morgan fingerprint density at radius 1 is 1.36 bits per heavy atom. The van der Waals surface area contributed by atoms with Gasteiger partial charge in [-0.1, -0.05) is 13.3 Å². The number of aliphatic hydroxyl groups excluding tert-OH is 1. The lowest BCUT2D eigenvalue weighted by Gasteiger charge is -2.10. The van der Waals surface area contributed by atoms with Crippen molar-refractivity contribution < 1.29 is 24.2 Å². The molecule has 1 aromatic carbocycles. The molecule has 6 nitrogen and oxygen atoms in total. The SMILES string of the molecule is CCCC(O)Cc1cc(=O)c2c(C(=O)O)cc(OC)cc2o1. The molecular formula is C16H18O6. The predicted molar refractivity (Wildman–Crippen MR) is 80.6 cm³/mol. The molecule has 0 amide bonds. The van der Waals surface area contributed by atoms with E-state index in [-0.39, 0.29) is 23.0 Å². The van der Waals surface area contributed by atoms with Crippen LogP contribution in [-0.2, 0) is 6.42 Å². The summed E-state index contributed by atoms with van der Waals surface area (Å²) in [6.45, 7) is 1.95. The highest BCUT2D eigenvalue weighted by Crippen LogP contribution is 2.24. The maximum absolute atomic E-state index is 12.2. The van der Waals surface area contributed by atoms with E-state index in [1.807, 2.05) is 6.92 Å². The summed E-state index contributed by atoms with van der Waals surface area (Å²) in [6.07, 6.45) is 1.02. The van der Waals surface area contributed by atoms with Gasteiger partial charge in [0.05, 0.1) is 24.2 Å². The minimum atomic E-state index is -1.23. The van der Waals surface area contributed by atoms with Crippen LogP contribution in [0.3, 0.4) is 0 Å². The number of aliphatic hydroxyl groups is 1. The Labute approximate surface area is 126 Å². The number of hydrogen-bond acceptors (Lipinski definition) is 5. The van der Waals surface area contributed by atoms with E-state index in [0.29, 0.717) is 17.9 Å². The van der Waals surface area contributed by atoms with Crippen LogP contribution < -0.4 is 10.2 Å². The summed E-state index contributed by atoms with van der Waals surface area (Å²) in [4.78, 5) is 23.5. The van der Waals surface area contributed by atoms with Crippen molar-refractivity contribution in [3.05, 3.63) is 39.7 Å². The number of carbonyl (C=O) groups is 1. The molecule has 0 aliphatic rings. The second-order valence-electron chi connectivity index (χ2n) is 5.08. The van der Waals surface area contributed by atoms with Gasteiger partial charge >= 0.3 is 5.97 Å². The van der Waals surface area contributed by atoms with Gasteiger partial charge in [0.15, 0.2) is 5.43 Å². The largest absolute Gasteiger partial charge is 0.497 e. The molecular weight excluding hydrogens is 288 g/mol. The Balaban J connectivity index is 2.58. The summed E-state index contributed by atoms with van der Waals surface area (Å²) in [6, 6.07) is 3.99. The van der Waals surface area contributed by atoms with Crippen molar-refractivity contribution >= 4 is 16.9 Å². The third-order valence-electron chi connectivity index (χ3n) is 3.38. The summed E-state index contributed by atoms with van der Waals surface area (Å²) in [5, 5.41) is 19.1. The minimum absolute atomic E-state index is 0.00188. The summed E-state index contributed by atoms with van der Waals surface area (Å²) >= 11 is 0. The molecule has 0 fully saturated rings. The molecule has 2 aromatic rings. The average molecular weight is 306 g/mol. The first kappa shape index (κ1) is 16.0. The van der Waals surface area contributed by atoms with Crippen LogP contribution in [0, 0.1) is 0 Å². The highest BCUT2D eigenvalue weighted by molar-refractivity contribution is 6.02. The molecule has 2 N–H and O–H groups in total. The zero-order valence-corrected chi connectivity index (χ0v) is 12.5. The molecule has 0 spiro atoms. The molecule has 22 heavy (non-hydrogen) atoms. The molecule has 1 heterocycles. The van der Waals surface area contributed by atoms with Crippen LogP contribution in [0.25, 0.3) is 11.0 Å². The summed E-state index contributed by atoms with van der Waals surface area (Å²) < 4.78 is 10.6. The van der Waals surface area contributed by atoms with Crippen molar-refractivity contribution in [1.29, 1.82) is 0 Å². The monoisotopic (exact) mass is 306 g/mol. The molecule has 0 saturated heterocycles. The lowest BCUT2D eigenvalue weighted by atomic mass is 10.1. The first-order chi connectivity index (χ1) is 10.5. The molecule has 0 bridgehead atoms. The highest BCUT2D eigenvalue weighted by Gasteiger charge is 2.17. The van der Waals surface area contributed by atoms with Gasteiger partial charge in [0.25, 0.3) is 0 Å². The number of fused-ring (bicyclic) bond motifs is 1. The number of carboxylic acids is 1. The fraction of sp³-hybridized carbons (Fsp3) is 0.375. The Kier molecular flexibility index (Phi) is 4.82. The van der Waals surface area contributed by atoms with Gasteiger partial charge in [-0.05, 0) is 12.5 Å². The van der Waals surface area contributed by atoms with Gasteiger partial charge in [0, 0.05) is 18.6 Å². The van der Waals surface area contributed by atoms with Gasteiger partial charge in [0.1, 0.15) is 17.1 Å². The maximum Gasteiger partial charge on any atom is 0.336 e. The molecule has 6 heteroatoms. The smallest absolute Gasteiger partial charge is 0.336 e. The number of carboxylic acid groups (broad SMARTS) is 1. The van der Waals surface area contributed by atoms with Crippen LogP contribution in [0.4, 0.5) is 0 Å². The highest BCUT2D eigenvalue weighted by atomic mass is 16.5. The first-order valence-corrected chi connectivity index (χ1v) is 7.02. The van der Waals surface area contributed by atoms with Crippen LogP contribution >= 0.6 is 0 Å². The molecule has 0 saturated carbocycles. The third kappa shape index (κ3) is 3.28. The standard InChI is InChI=1S/C16H18O6/c1-3-4-9(17)5-11-7-13(18)15-12(16(19)20)6-10(21-2)8-14(15)22-11/h6-9,17H,3-5H2,1-2H3,(H,19,20). The molecule has 2 rings (SSSR count). The third-order valence-corrected chi connectivity index (χ3v) is 3.38. The second-order valence-corrected chi connectivity index (χ2v) is 5.08. The minimum Gasteiger partial charge on any atom is -0.497 e. The topological polar surface area (TPSA) is 97.0 Å². The van der Waals surface area contributed by atoms with E-state index in [2.05, 4.69) is 0 Å².